The Labute approximate surface area is 207 Å². The molecule has 0 heterocycles. The standard InChI is InChI=1S/C28H36N2O5/c1-19(12-13-26(32)33)30-25(31)14-15-28(2,3)16-17-29-27(34)35-18-24-22-10-6-4-8-20(22)21-9-5-7-11-23(21)24/h4-11,19,24H,12-18H2,1-3H3,(H,29,34)(H,30,31)(H,32,33). The predicted molar refractivity (Wildman–Crippen MR) is 135 cm³/mol. The Bertz CT molecular complexity index is 1000. The SMILES string of the molecule is CC(CCC(=O)O)NC(=O)CCC(C)(C)CCNC(=O)OCC1c2ccccc2-c2ccccc21. The van der Waals surface area contributed by atoms with Crippen molar-refractivity contribution >= 4 is 18.0 Å². The Morgan fingerprint density at radius 2 is 1.57 bits per heavy atom. The summed E-state index contributed by atoms with van der Waals surface area (Å²) in [5, 5.41) is 14.4. The number of alkyl carbamates (subject to hydrolysis) is 1. The normalized spacial score (nSPS) is 13.5. The maximum Gasteiger partial charge on any atom is 0.407 e. The summed E-state index contributed by atoms with van der Waals surface area (Å²) >= 11 is 0. The van der Waals surface area contributed by atoms with Crippen LogP contribution >= 0.6 is 0 Å². The molecule has 0 aliphatic heterocycles. The molecule has 0 bridgehead atoms. The highest BCUT2D eigenvalue weighted by molar-refractivity contribution is 5.79. The number of nitrogens with one attached hydrogen (secondary N) is 2. The van der Waals surface area contributed by atoms with Crippen LogP contribution in [0.3, 0.4) is 0 Å². The number of aliphatic carboxylic acids is 1. The Kier molecular flexibility index (Phi) is 8.90. The van der Waals surface area contributed by atoms with Crippen molar-refractivity contribution in [3.63, 3.8) is 0 Å². The minimum Gasteiger partial charge on any atom is -0.481 e. The first kappa shape index (κ1) is 26.3. The third kappa shape index (κ3) is 7.57. The molecular formula is C28H36N2O5. The van der Waals surface area contributed by atoms with E-state index in [1.807, 2.05) is 31.2 Å². The van der Waals surface area contributed by atoms with Gasteiger partial charge < -0.3 is 20.5 Å². The van der Waals surface area contributed by atoms with Crippen LogP contribution in [0.4, 0.5) is 4.79 Å². The summed E-state index contributed by atoms with van der Waals surface area (Å²) < 4.78 is 5.58. The highest BCUT2D eigenvalue weighted by Crippen LogP contribution is 2.44. The molecule has 2 aromatic rings. The molecule has 0 fully saturated rings. The van der Waals surface area contributed by atoms with Crippen molar-refractivity contribution in [2.45, 2.75) is 64.8 Å². The molecule has 0 radical (unpaired) electrons. The van der Waals surface area contributed by atoms with Gasteiger partial charge in [-0.3, -0.25) is 9.59 Å². The number of ether oxygens (including phenoxy) is 1. The lowest BCUT2D eigenvalue weighted by atomic mass is 9.84. The summed E-state index contributed by atoms with van der Waals surface area (Å²) in [5.41, 5.74) is 4.60. The van der Waals surface area contributed by atoms with E-state index < -0.39 is 12.1 Å². The number of benzene rings is 2. The first-order chi connectivity index (χ1) is 16.7. The smallest absolute Gasteiger partial charge is 0.407 e. The largest absolute Gasteiger partial charge is 0.481 e. The highest BCUT2D eigenvalue weighted by Gasteiger charge is 2.29. The number of carbonyl (C=O) groups is 3. The summed E-state index contributed by atoms with van der Waals surface area (Å²) in [4.78, 5) is 35.2. The van der Waals surface area contributed by atoms with E-state index in [1.54, 1.807) is 0 Å². The Balaban J connectivity index is 1.39. The van der Waals surface area contributed by atoms with Crippen LogP contribution in [0.5, 0.6) is 0 Å². The zero-order valence-electron chi connectivity index (χ0n) is 20.8. The zero-order valence-corrected chi connectivity index (χ0v) is 20.8. The second kappa shape index (κ2) is 11.9. The molecule has 7 nitrogen and oxygen atoms in total. The van der Waals surface area contributed by atoms with Crippen LogP contribution < -0.4 is 10.6 Å². The van der Waals surface area contributed by atoms with Crippen LogP contribution in [0.25, 0.3) is 11.1 Å². The van der Waals surface area contributed by atoms with Crippen molar-refractivity contribution in [2.75, 3.05) is 13.2 Å². The molecule has 188 valence electrons. The average molecular weight is 481 g/mol. The monoisotopic (exact) mass is 480 g/mol. The molecular weight excluding hydrogens is 444 g/mol. The van der Waals surface area contributed by atoms with Gasteiger partial charge in [-0.2, -0.15) is 0 Å². The number of hydrogen-bond donors (Lipinski definition) is 3. The molecule has 3 N–H and O–H groups in total. The van der Waals surface area contributed by atoms with Crippen molar-refractivity contribution in [2.24, 2.45) is 5.41 Å². The number of carboxylic acid groups (broad SMARTS) is 1. The lowest BCUT2D eigenvalue weighted by Crippen LogP contribution is -2.34. The first-order valence-electron chi connectivity index (χ1n) is 12.3. The van der Waals surface area contributed by atoms with E-state index in [4.69, 9.17) is 9.84 Å². The molecule has 0 saturated heterocycles. The van der Waals surface area contributed by atoms with Crippen molar-refractivity contribution in [1.82, 2.24) is 10.6 Å². The van der Waals surface area contributed by atoms with Crippen LogP contribution in [0, 0.1) is 5.41 Å². The first-order valence-corrected chi connectivity index (χ1v) is 12.3. The van der Waals surface area contributed by atoms with Gasteiger partial charge >= 0.3 is 12.1 Å². The number of carbonyl (C=O) groups excluding carboxylic acids is 2. The maximum absolute atomic E-state index is 12.4. The van der Waals surface area contributed by atoms with Gasteiger partial charge in [0.15, 0.2) is 0 Å². The number of hydrogen-bond acceptors (Lipinski definition) is 4. The molecule has 7 heteroatoms. The lowest BCUT2D eigenvalue weighted by molar-refractivity contribution is -0.137. The minimum atomic E-state index is -0.865. The number of amides is 2. The molecule has 35 heavy (non-hydrogen) atoms. The summed E-state index contributed by atoms with van der Waals surface area (Å²) in [6.07, 6.45) is 1.74. The van der Waals surface area contributed by atoms with Gasteiger partial charge in [0.05, 0.1) is 0 Å². The Morgan fingerprint density at radius 1 is 0.971 bits per heavy atom. The van der Waals surface area contributed by atoms with Crippen LogP contribution in [0.15, 0.2) is 48.5 Å². The Morgan fingerprint density at radius 3 is 2.17 bits per heavy atom. The van der Waals surface area contributed by atoms with Gasteiger partial charge in [-0.15, -0.1) is 0 Å². The summed E-state index contributed by atoms with van der Waals surface area (Å²) in [6.45, 7) is 6.68. The van der Waals surface area contributed by atoms with Gasteiger partial charge in [-0.1, -0.05) is 62.4 Å². The molecule has 0 spiro atoms. The van der Waals surface area contributed by atoms with Gasteiger partial charge in [0, 0.05) is 31.3 Å². The predicted octanol–water partition coefficient (Wildman–Crippen LogP) is 5.09. The molecule has 2 amide bonds. The quantitative estimate of drug-likeness (QED) is 0.392. The van der Waals surface area contributed by atoms with Crippen molar-refractivity contribution in [1.29, 1.82) is 0 Å². The van der Waals surface area contributed by atoms with Crippen LogP contribution in [0.1, 0.15) is 69.9 Å². The fraction of sp³-hybridized carbons (Fsp3) is 0.464. The van der Waals surface area contributed by atoms with Crippen molar-refractivity contribution < 1.29 is 24.2 Å². The van der Waals surface area contributed by atoms with E-state index in [2.05, 4.69) is 48.7 Å². The molecule has 0 aromatic heterocycles. The molecule has 1 aliphatic carbocycles. The number of rotatable bonds is 12. The number of carboxylic acids is 1. The van der Waals surface area contributed by atoms with Gasteiger partial charge in [0.25, 0.3) is 0 Å². The third-order valence-electron chi connectivity index (χ3n) is 6.64. The average Bonchev–Trinajstić information content (AvgIpc) is 3.14. The molecule has 2 aromatic carbocycles. The molecule has 0 saturated carbocycles. The summed E-state index contributed by atoms with van der Waals surface area (Å²) in [5.74, 6) is -0.919. The molecule has 1 aliphatic rings. The second-order valence-electron chi connectivity index (χ2n) is 10.1. The van der Waals surface area contributed by atoms with Crippen LogP contribution in [0.2, 0.25) is 0 Å². The minimum absolute atomic E-state index is 0.0287. The van der Waals surface area contributed by atoms with E-state index in [-0.39, 0.29) is 36.3 Å². The van der Waals surface area contributed by atoms with Gasteiger partial charge in [0.2, 0.25) is 5.91 Å². The topological polar surface area (TPSA) is 105 Å². The maximum atomic E-state index is 12.4. The van der Waals surface area contributed by atoms with Crippen molar-refractivity contribution in [3.8, 4) is 11.1 Å². The molecule has 1 atom stereocenters. The van der Waals surface area contributed by atoms with E-state index in [1.165, 1.54) is 22.3 Å². The van der Waals surface area contributed by atoms with Crippen LogP contribution in [-0.4, -0.2) is 42.3 Å². The fourth-order valence-corrected chi connectivity index (χ4v) is 4.49. The van der Waals surface area contributed by atoms with E-state index in [0.29, 0.717) is 32.2 Å². The third-order valence-corrected chi connectivity index (χ3v) is 6.64. The Hall–Kier alpha value is -3.35. The van der Waals surface area contributed by atoms with Gasteiger partial charge in [-0.05, 0) is 53.9 Å². The highest BCUT2D eigenvalue weighted by atomic mass is 16.5. The molecule has 1 unspecified atom stereocenters. The van der Waals surface area contributed by atoms with E-state index >= 15 is 0 Å². The molecule has 3 rings (SSSR count). The zero-order chi connectivity index (χ0) is 25.4. The summed E-state index contributed by atoms with van der Waals surface area (Å²) in [7, 11) is 0. The second-order valence-corrected chi connectivity index (χ2v) is 10.1. The van der Waals surface area contributed by atoms with E-state index in [0.717, 1.165) is 0 Å². The summed E-state index contributed by atoms with van der Waals surface area (Å²) in [6, 6.07) is 16.3. The van der Waals surface area contributed by atoms with Gasteiger partial charge in [-0.25, -0.2) is 4.79 Å². The van der Waals surface area contributed by atoms with Crippen molar-refractivity contribution in [3.05, 3.63) is 59.7 Å². The fourth-order valence-electron chi connectivity index (χ4n) is 4.49. The number of fused-ring (bicyclic) bond motifs is 3. The lowest BCUT2D eigenvalue weighted by Gasteiger charge is -2.25. The van der Waals surface area contributed by atoms with Gasteiger partial charge in [0.1, 0.15) is 6.61 Å². The van der Waals surface area contributed by atoms with E-state index in [9.17, 15) is 14.4 Å². The van der Waals surface area contributed by atoms with Crippen LogP contribution in [-0.2, 0) is 14.3 Å².